The molecule has 0 fully saturated rings. The lowest BCUT2D eigenvalue weighted by Gasteiger charge is -2.32. The fourth-order valence-electron chi connectivity index (χ4n) is 7.17. The number of unbranched alkanes of at least 4 members (excludes halogenated alkanes) is 1. The van der Waals surface area contributed by atoms with Crippen LogP contribution in [0.5, 0.6) is 0 Å². The highest BCUT2D eigenvalue weighted by Crippen LogP contribution is 2.38. The van der Waals surface area contributed by atoms with Crippen LogP contribution < -0.4 is 27.4 Å². The number of pyridine rings is 1. The number of nitrogens with two attached hydrogens (primary N) is 2. The number of H-pyrrole nitrogens is 1. The number of halogens is 1. The molecule has 8 N–H and O–H groups in total. The highest BCUT2D eigenvalue weighted by atomic mass is 35.5. The molecule has 1 aliphatic heterocycles. The second kappa shape index (κ2) is 22.4. The lowest BCUT2D eigenvalue weighted by atomic mass is 10.0. The van der Waals surface area contributed by atoms with Crippen LogP contribution in [0, 0.1) is 11.8 Å². The molecule has 14 heteroatoms. The zero-order valence-corrected chi connectivity index (χ0v) is 35.4. The number of fused-ring (bicyclic) bond motifs is 3. The summed E-state index contributed by atoms with van der Waals surface area (Å²) in [7, 11) is 1.62. The van der Waals surface area contributed by atoms with Crippen molar-refractivity contribution in [3.8, 4) is 11.8 Å². The summed E-state index contributed by atoms with van der Waals surface area (Å²) in [5.74, 6) is 5.21. The molecule has 2 aromatic heterocycles. The third-order valence-corrected chi connectivity index (χ3v) is 12.1. The number of hydrogen-bond donors (Lipinski definition) is 6. The normalized spacial score (nSPS) is 17.8. The zero-order valence-electron chi connectivity index (χ0n) is 33.8. The Morgan fingerprint density at radius 3 is 2.50 bits per heavy atom. The van der Waals surface area contributed by atoms with Gasteiger partial charge < -0.3 is 42.0 Å². The minimum Gasteiger partial charge on any atom is -0.364 e. The van der Waals surface area contributed by atoms with Crippen LogP contribution in [0.2, 0.25) is 5.02 Å². The van der Waals surface area contributed by atoms with Gasteiger partial charge in [0.2, 0.25) is 17.7 Å². The van der Waals surface area contributed by atoms with E-state index >= 15 is 0 Å². The Labute approximate surface area is 360 Å². The minimum atomic E-state index is -0.939. The van der Waals surface area contributed by atoms with Crippen molar-refractivity contribution in [3.63, 3.8) is 0 Å². The predicted molar refractivity (Wildman–Crippen MR) is 237 cm³/mol. The lowest BCUT2D eigenvalue weighted by Crippen LogP contribution is -2.57. The number of para-hydroxylation sites is 1. The number of nitrogens with zero attached hydrogens (tertiary/aromatic N) is 2. The van der Waals surface area contributed by atoms with Crippen molar-refractivity contribution in [1.82, 2.24) is 30.8 Å². The quantitative estimate of drug-likeness (QED) is 0.0704. The van der Waals surface area contributed by atoms with Gasteiger partial charge in [-0.3, -0.25) is 14.4 Å². The molecule has 0 radical (unpaired) electrons. The Morgan fingerprint density at radius 2 is 1.68 bits per heavy atom. The van der Waals surface area contributed by atoms with Crippen LogP contribution in [-0.2, 0) is 45.2 Å². The van der Waals surface area contributed by atoms with E-state index in [1.807, 2.05) is 79.0 Å². The molecule has 12 nitrogen and oxygen atoms in total. The number of aromatic nitrogens is 2. The number of hydrogen-bond acceptors (Lipinski definition) is 9. The van der Waals surface area contributed by atoms with Crippen molar-refractivity contribution >= 4 is 52.0 Å². The molecule has 0 bridgehead atoms. The zero-order chi connectivity index (χ0) is 42.3. The maximum atomic E-state index is 14.6. The summed E-state index contributed by atoms with van der Waals surface area (Å²) in [6.45, 7) is 1.90. The summed E-state index contributed by atoms with van der Waals surface area (Å²) in [5, 5.41) is 11.7. The molecule has 0 saturated heterocycles. The molecular formula is C46H53ClN8O4S. The molecule has 0 aliphatic carbocycles. The van der Waals surface area contributed by atoms with Gasteiger partial charge in [0.1, 0.15) is 23.7 Å². The van der Waals surface area contributed by atoms with E-state index < -0.39 is 18.1 Å². The van der Waals surface area contributed by atoms with Crippen LogP contribution in [0.3, 0.4) is 0 Å². The molecule has 3 unspecified atom stereocenters. The average Bonchev–Trinajstić information content (AvgIpc) is 3.67. The first kappa shape index (κ1) is 44.4. The molecule has 3 amide bonds. The van der Waals surface area contributed by atoms with Gasteiger partial charge in [-0.15, -0.1) is 0 Å². The van der Waals surface area contributed by atoms with E-state index in [9.17, 15) is 14.4 Å². The molecule has 3 aromatic carbocycles. The molecule has 314 valence electrons. The summed E-state index contributed by atoms with van der Waals surface area (Å²) in [4.78, 5) is 53.4. The van der Waals surface area contributed by atoms with Gasteiger partial charge in [0.05, 0.1) is 17.7 Å². The van der Waals surface area contributed by atoms with Gasteiger partial charge in [-0.25, -0.2) is 4.98 Å². The van der Waals surface area contributed by atoms with Crippen LogP contribution in [0.25, 0.3) is 10.9 Å². The molecular weight excluding hydrogens is 796 g/mol. The molecule has 1 aliphatic rings. The van der Waals surface area contributed by atoms with Gasteiger partial charge in [0.25, 0.3) is 0 Å². The summed E-state index contributed by atoms with van der Waals surface area (Å²) >= 11 is 8.45. The number of likely N-dealkylation sites (N-methyl/N-ethyl adjacent to an activating group) is 1. The fraction of sp³-hybridized carbons (Fsp3) is 0.348. The second-order valence-electron chi connectivity index (χ2n) is 14.8. The summed E-state index contributed by atoms with van der Waals surface area (Å²) < 4.78 is 5.80. The highest BCUT2D eigenvalue weighted by molar-refractivity contribution is 7.99. The number of nitrogens with one attached hydrogen (secondary N) is 4. The first-order valence-electron chi connectivity index (χ1n) is 20.3. The van der Waals surface area contributed by atoms with Crippen molar-refractivity contribution in [1.29, 1.82) is 0 Å². The summed E-state index contributed by atoms with van der Waals surface area (Å²) in [6, 6.07) is 22.7. The number of benzene rings is 3. The number of amides is 3. The van der Waals surface area contributed by atoms with E-state index in [1.165, 1.54) is 16.7 Å². The topological polar surface area (TPSA) is 180 Å². The number of ether oxygens (including phenoxy) is 1. The number of rotatable bonds is 12. The van der Waals surface area contributed by atoms with E-state index in [-0.39, 0.29) is 37.3 Å². The summed E-state index contributed by atoms with van der Waals surface area (Å²) in [5.41, 5.74) is 16.8. The first-order chi connectivity index (χ1) is 29.2. The van der Waals surface area contributed by atoms with E-state index in [2.05, 4.69) is 32.8 Å². The van der Waals surface area contributed by atoms with Crippen molar-refractivity contribution in [2.24, 2.45) is 11.5 Å². The molecule has 60 heavy (non-hydrogen) atoms. The third-order valence-electron chi connectivity index (χ3n) is 10.5. The fourth-order valence-corrected chi connectivity index (χ4v) is 8.52. The van der Waals surface area contributed by atoms with Crippen LogP contribution in [0.1, 0.15) is 59.9 Å². The molecule has 0 saturated carbocycles. The summed E-state index contributed by atoms with van der Waals surface area (Å²) in [6.07, 6.45) is 6.48. The van der Waals surface area contributed by atoms with Gasteiger partial charge >= 0.3 is 0 Å². The second-order valence-corrected chi connectivity index (χ2v) is 16.2. The van der Waals surface area contributed by atoms with E-state index in [4.69, 9.17) is 32.8 Å². The molecule has 0 spiro atoms. The van der Waals surface area contributed by atoms with E-state index in [0.29, 0.717) is 78.9 Å². The van der Waals surface area contributed by atoms with Crippen LogP contribution >= 0.6 is 23.4 Å². The Morgan fingerprint density at radius 1 is 0.900 bits per heavy atom. The van der Waals surface area contributed by atoms with E-state index in [1.54, 1.807) is 19.3 Å². The Hall–Kier alpha value is -5.20. The van der Waals surface area contributed by atoms with Crippen LogP contribution in [0.15, 0.2) is 101 Å². The molecule has 5 aromatic rings. The SMILES string of the molecule is CN1C(=O)C(CCCCN)NC(=O)C(CCCN)NCc2cccnc2Sc2c(Cl)cc(C#CCOCc3ccccc3)cc2CNC(=O)C1Cc1c[nH]c2ccccc12. The van der Waals surface area contributed by atoms with Crippen molar-refractivity contribution in [2.75, 3.05) is 26.7 Å². The standard InChI is InChI=1S/C46H53ClN8O4S/c1-55-41(26-34-28-51-38-17-6-5-16-36(34)38)44(57)53-29-35-24-32(14-11-23-59-30-31-12-3-2-4-13-31)25-37(47)42(35)60-45-33(15-10-22-50-45)27-52-39(19-9-21-49)43(56)54-40(46(55)58)18-7-8-20-48/h2-6,10,12-13,15-17,22,24-25,28,39-41,51-52H,7-9,18-21,23,26-27,29-30,48-49H2,1H3,(H,53,57)(H,54,56). The van der Waals surface area contributed by atoms with Crippen LogP contribution in [-0.4, -0.2) is 77.5 Å². The molecule has 6 rings (SSSR count). The average molecular weight is 850 g/mol. The predicted octanol–water partition coefficient (Wildman–Crippen LogP) is 5.45. The van der Waals surface area contributed by atoms with Crippen molar-refractivity contribution < 1.29 is 19.1 Å². The highest BCUT2D eigenvalue weighted by Gasteiger charge is 2.34. The molecule has 3 heterocycles. The van der Waals surface area contributed by atoms with E-state index in [0.717, 1.165) is 33.2 Å². The largest absolute Gasteiger partial charge is 0.364 e. The Balaban J connectivity index is 1.38. The van der Waals surface area contributed by atoms with Crippen LogP contribution in [0.4, 0.5) is 0 Å². The molecule has 3 atom stereocenters. The number of carbonyl (C=O) groups excluding carboxylic acids is 3. The minimum absolute atomic E-state index is 0.0889. The number of carbonyl (C=O) groups is 3. The van der Waals surface area contributed by atoms with Gasteiger partial charge in [0, 0.05) is 60.3 Å². The third kappa shape index (κ3) is 12.0. The van der Waals surface area contributed by atoms with Crippen molar-refractivity contribution in [3.05, 3.63) is 124 Å². The van der Waals surface area contributed by atoms with Gasteiger partial charge in [-0.2, -0.15) is 0 Å². The van der Waals surface area contributed by atoms with Crippen molar-refractivity contribution in [2.45, 2.75) is 86.3 Å². The smallest absolute Gasteiger partial charge is 0.245 e. The maximum absolute atomic E-state index is 14.6. The maximum Gasteiger partial charge on any atom is 0.245 e. The van der Waals surface area contributed by atoms with Gasteiger partial charge in [-0.05, 0) is 91.7 Å². The number of aromatic amines is 1. The van der Waals surface area contributed by atoms with Gasteiger partial charge in [0.15, 0.2) is 0 Å². The van der Waals surface area contributed by atoms with Gasteiger partial charge in [-0.1, -0.05) is 89.8 Å². The Kier molecular flexibility index (Phi) is 16.6. The first-order valence-corrected chi connectivity index (χ1v) is 21.5. The monoisotopic (exact) mass is 848 g/mol. The Bertz CT molecular complexity index is 2290. The lowest BCUT2D eigenvalue weighted by molar-refractivity contribution is -0.142.